The molecule has 1 saturated heterocycles. The van der Waals surface area contributed by atoms with Gasteiger partial charge in [-0.25, -0.2) is 15.0 Å². The Morgan fingerprint density at radius 2 is 2.22 bits per heavy atom. The number of carbonyl (C=O) groups is 1. The first-order valence-electron chi connectivity index (χ1n) is 7.90. The molecule has 0 bridgehead atoms. The van der Waals surface area contributed by atoms with Gasteiger partial charge in [0.2, 0.25) is 0 Å². The first-order valence-corrected chi connectivity index (χ1v) is 8.71. The van der Waals surface area contributed by atoms with Gasteiger partial charge < -0.3 is 10.0 Å². The Labute approximate surface area is 139 Å². The highest BCUT2D eigenvalue weighted by Gasteiger charge is 2.27. The molecule has 1 amide bonds. The van der Waals surface area contributed by atoms with Crippen LogP contribution in [0.1, 0.15) is 35.1 Å². The largest absolute Gasteiger partial charge is 0.396 e. The minimum Gasteiger partial charge on any atom is -0.396 e. The summed E-state index contributed by atoms with van der Waals surface area (Å²) in [5.41, 5.74) is 0.800. The molecule has 3 rings (SSSR count). The maximum Gasteiger partial charge on any atom is 0.265 e. The molecule has 2 aromatic heterocycles. The van der Waals surface area contributed by atoms with Crippen LogP contribution < -0.4 is 0 Å². The molecular formula is C16H20N4O2S. The SMILES string of the molecule is CCc1nc(-c2ncccn2)sc1C(=O)N1CCCC(CO)C1. The van der Waals surface area contributed by atoms with Crippen molar-refractivity contribution < 1.29 is 9.90 Å². The number of likely N-dealkylation sites (tertiary alicyclic amines) is 1. The van der Waals surface area contributed by atoms with Crippen LogP contribution in [0.25, 0.3) is 10.8 Å². The van der Waals surface area contributed by atoms with Gasteiger partial charge in [0.25, 0.3) is 5.91 Å². The molecule has 1 N–H and O–H groups in total. The molecule has 1 aliphatic heterocycles. The van der Waals surface area contributed by atoms with Gasteiger partial charge in [0.15, 0.2) is 10.8 Å². The Hall–Kier alpha value is -1.86. The van der Waals surface area contributed by atoms with E-state index in [2.05, 4.69) is 15.0 Å². The fourth-order valence-corrected chi connectivity index (χ4v) is 3.88. The summed E-state index contributed by atoms with van der Waals surface area (Å²) in [5.74, 6) is 0.750. The van der Waals surface area contributed by atoms with E-state index in [0.717, 1.165) is 25.1 Å². The summed E-state index contributed by atoms with van der Waals surface area (Å²) in [6.07, 6.45) is 5.96. The monoisotopic (exact) mass is 332 g/mol. The van der Waals surface area contributed by atoms with E-state index < -0.39 is 0 Å². The van der Waals surface area contributed by atoms with Crippen LogP contribution in [0.5, 0.6) is 0 Å². The van der Waals surface area contributed by atoms with Crippen LogP contribution in [0.15, 0.2) is 18.5 Å². The smallest absolute Gasteiger partial charge is 0.265 e. The highest BCUT2D eigenvalue weighted by molar-refractivity contribution is 7.17. The lowest BCUT2D eigenvalue weighted by Gasteiger charge is -2.31. The molecule has 6 nitrogen and oxygen atoms in total. The van der Waals surface area contributed by atoms with Gasteiger partial charge in [0.05, 0.1) is 5.69 Å². The Morgan fingerprint density at radius 3 is 2.91 bits per heavy atom. The van der Waals surface area contributed by atoms with Crippen molar-refractivity contribution in [3.8, 4) is 10.8 Å². The van der Waals surface area contributed by atoms with E-state index in [1.54, 1.807) is 18.5 Å². The van der Waals surface area contributed by atoms with Crippen molar-refractivity contribution in [3.05, 3.63) is 29.0 Å². The number of nitrogens with zero attached hydrogens (tertiary/aromatic N) is 4. The number of piperidine rings is 1. The summed E-state index contributed by atoms with van der Waals surface area (Å²) in [5, 5.41) is 10.0. The van der Waals surface area contributed by atoms with Gasteiger partial charge in [-0.3, -0.25) is 4.79 Å². The topological polar surface area (TPSA) is 79.2 Å². The van der Waals surface area contributed by atoms with Crippen LogP contribution in [-0.2, 0) is 6.42 Å². The van der Waals surface area contributed by atoms with Crippen molar-refractivity contribution in [2.24, 2.45) is 5.92 Å². The molecule has 1 aliphatic rings. The molecule has 0 saturated carbocycles. The molecule has 7 heteroatoms. The zero-order valence-corrected chi connectivity index (χ0v) is 13.9. The Balaban J connectivity index is 1.87. The number of hydrogen-bond acceptors (Lipinski definition) is 6. The number of aliphatic hydroxyl groups excluding tert-OH is 1. The number of carbonyl (C=O) groups excluding carboxylic acids is 1. The molecule has 3 heterocycles. The van der Waals surface area contributed by atoms with E-state index in [0.29, 0.717) is 28.7 Å². The van der Waals surface area contributed by atoms with Crippen LogP contribution in [-0.4, -0.2) is 50.6 Å². The van der Waals surface area contributed by atoms with E-state index in [9.17, 15) is 9.90 Å². The maximum absolute atomic E-state index is 12.9. The third-order valence-corrected chi connectivity index (χ3v) is 5.13. The van der Waals surface area contributed by atoms with Crippen molar-refractivity contribution in [1.29, 1.82) is 0 Å². The lowest BCUT2D eigenvalue weighted by atomic mass is 9.99. The van der Waals surface area contributed by atoms with E-state index in [1.807, 2.05) is 11.8 Å². The second kappa shape index (κ2) is 7.14. The normalized spacial score (nSPS) is 18.2. The van der Waals surface area contributed by atoms with Gasteiger partial charge in [-0.2, -0.15) is 0 Å². The zero-order valence-electron chi connectivity index (χ0n) is 13.1. The van der Waals surface area contributed by atoms with E-state index in [4.69, 9.17) is 0 Å². The Morgan fingerprint density at radius 1 is 1.43 bits per heavy atom. The maximum atomic E-state index is 12.9. The van der Waals surface area contributed by atoms with Crippen LogP contribution in [0.3, 0.4) is 0 Å². The molecule has 1 fully saturated rings. The first kappa shape index (κ1) is 16.0. The molecule has 1 atom stereocenters. The fourth-order valence-electron chi connectivity index (χ4n) is 2.81. The summed E-state index contributed by atoms with van der Waals surface area (Å²) in [7, 11) is 0. The minimum atomic E-state index is 0.0136. The minimum absolute atomic E-state index is 0.0136. The second-order valence-electron chi connectivity index (χ2n) is 5.66. The Bertz CT molecular complexity index is 674. The lowest BCUT2D eigenvalue weighted by molar-refractivity contribution is 0.0624. The summed E-state index contributed by atoms with van der Waals surface area (Å²) in [4.78, 5) is 28.4. The molecule has 23 heavy (non-hydrogen) atoms. The van der Waals surface area contributed by atoms with Crippen molar-refractivity contribution in [2.45, 2.75) is 26.2 Å². The number of aryl methyl sites for hydroxylation is 1. The quantitative estimate of drug-likeness (QED) is 0.926. The van der Waals surface area contributed by atoms with Gasteiger partial charge in [-0.05, 0) is 31.2 Å². The number of aromatic nitrogens is 3. The van der Waals surface area contributed by atoms with Gasteiger partial charge in [-0.1, -0.05) is 6.92 Å². The van der Waals surface area contributed by atoms with Crippen molar-refractivity contribution >= 4 is 17.2 Å². The van der Waals surface area contributed by atoms with E-state index >= 15 is 0 Å². The third kappa shape index (κ3) is 3.40. The molecule has 122 valence electrons. The van der Waals surface area contributed by atoms with E-state index in [1.165, 1.54) is 11.3 Å². The van der Waals surface area contributed by atoms with Gasteiger partial charge in [0, 0.05) is 32.1 Å². The molecule has 2 aromatic rings. The van der Waals surface area contributed by atoms with Gasteiger partial charge >= 0.3 is 0 Å². The van der Waals surface area contributed by atoms with Crippen LogP contribution in [0, 0.1) is 5.92 Å². The summed E-state index contributed by atoms with van der Waals surface area (Å²) < 4.78 is 0. The third-order valence-electron chi connectivity index (χ3n) is 4.05. The zero-order chi connectivity index (χ0) is 16.2. The average molecular weight is 332 g/mol. The van der Waals surface area contributed by atoms with Crippen molar-refractivity contribution in [2.75, 3.05) is 19.7 Å². The highest BCUT2D eigenvalue weighted by atomic mass is 32.1. The molecule has 1 unspecified atom stereocenters. The predicted molar refractivity (Wildman–Crippen MR) is 88.2 cm³/mol. The number of aliphatic hydroxyl groups is 1. The molecule has 0 aromatic carbocycles. The lowest BCUT2D eigenvalue weighted by Crippen LogP contribution is -2.40. The number of thiazole rings is 1. The predicted octanol–water partition coefficient (Wildman–Crippen LogP) is 2.01. The first-order chi connectivity index (χ1) is 11.2. The Kier molecular flexibility index (Phi) is 4.97. The van der Waals surface area contributed by atoms with E-state index in [-0.39, 0.29) is 18.4 Å². The summed E-state index contributed by atoms with van der Waals surface area (Å²) >= 11 is 1.36. The summed E-state index contributed by atoms with van der Waals surface area (Å²) in [6, 6.07) is 1.76. The number of hydrogen-bond donors (Lipinski definition) is 1. The molecule has 0 spiro atoms. The van der Waals surface area contributed by atoms with Crippen LogP contribution in [0.2, 0.25) is 0 Å². The average Bonchev–Trinajstić information content (AvgIpc) is 3.06. The summed E-state index contributed by atoms with van der Waals surface area (Å²) in [6.45, 7) is 3.49. The number of amides is 1. The molecule has 0 radical (unpaired) electrons. The van der Waals surface area contributed by atoms with Crippen molar-refractivity contribution in [3.63, 3.8) is 0 Å². The van der Waals surface area contributed by atoms with Crippen LogP contribution >= 0.6 is 11.3 Å². The molecule has 0 aliphatic carbocycles. The highest BCUT2D eigenvalue weighted by Crippen LogP contribution is 2.28. The second-order valence-corrected chi connectivity index (χ2v) is 6.66. The van der Waals surface area contributed by atoms with Crippen LogP contribution in [0.4, 0.5) is 0 Å². The van der Waals surface area contributed by atoms with Crippen molar-refractivity contribution in [1.82, 2.24) is 19.9 Å². The van der Waals surface area contributed by atoms with Gasteiger partial charge in [-0.15, -0.1) is 11.3 Å². The standard InChI is InChI=1S/C16H20N4O2S/c1-2-12-13(16(22)20-8-3-5-11(9-20)10-21)23-15(19-12)14-17-6-4-7-18-14/h4,6-7,11,21H,2-3,5,8-10H2,1H3. The van der Waals surface area contributed by atoms with Gasteiger partial charge in [0.1, 0.15) is 4.88 Å². The molecular weight excluding hydrogens is 312 g/mol. The fraction of sp³-hybridized carbons (Fsp3) is 0.500. The number of rotatable bonds is 4.